The van der Waals surface area contributed by atoms with Crippen LogP contribution in [0.25, 0.3) is 0 Å². The summed E-state index contributed by atoms with van der Waals surface area (Å²) in [4.78, 5) is 22.4. The lowest BCUT2D eigenvalue weighted by molar-refractivity contribution is -0.116. The molecular formula is C13H19N3O2. The first-order valence-corrected chi connectivity index (χ1v) is 5.92. The Labute approximate surface area is 107 Å². The van der Waals surface area contributed by atoms with Crippen LogP contribution in [0, 0.1) is 0 Å². The topological polar surface area (TPSA) is 84.2 Å². The average Bonchev–Trinajstić information content (AvgIpc) is 2.29. The quantitative estimate of drug-likeness (QED) is 0.706. The smallest absolute Gasteiger partial charge is 0.248 e. The maximum Gasteiger partial charge on any atom is 0.248 e. The minimum absolute atomic E-state index is 0.0602. The standard InChI is InChI=1S/C13H19N3O2/c1-9(2)15-8-7-12(17)16-11-5-3-10(4-6-11)13(14)18/h3-6,9,15H,7-8H2,1-2H3,(H2,14,18)(H,16,17). The largest absolute Gasteiger partial charge is 0.366 e. The van der Waals surface area contributed by atoms with Gasteiger partial charge in [-0.3, -0.25) is 9.59 Å². The van der Waals surface area contributed by atoms with Gasteiger partial charge in [0.2, 0.25) is 11.8 Å². The van der Waals surface area contributed by atoms with Crippen molar-refractivity contribution >= 4 is 17.5 Å². The average molecular weight is 249 g/mol. The molecule has 0 aliphatic heterocycles. The summed E-state index contributed by atoms with van der Waals surface area (Å²) >= 11 is 0. The lowest BCUT2D eigenvalue weighted by atomic mass is 10.2. The number of hydrogen-bond acceptors (Lipinski definition) is 3. The molecular weight excluding hydrogens is 230 g/mol. The second-order valence-electron chi connectivity index (χ2n) is 4.35. The monoisotopic (exact) mass is 249 g/mol. The van der Waals surface area contributed by atoms with Crippen molar-refractivity contribution in [2.24, 2.45) is 5.73 Å². The fourth-order valence-electron chi connectivity index (χ4n) is 1.42. The number of nitrogens with two attached hydrogens (primary N) is 1. The number of nitrogens with one attached hydrogen (secondary N) is 2. The Morgan fingerprint density at radius 2 is 1.83 bits per heavy atom. The van der Waals surface area contributed by atoms with E-state index in [0.717, 1.165) is 0 Å². The van der Waals surface area contributed by atoms with E-state index in [0.29, 0.717) is 30.3 Å². The van der Waals surface area contributed by atoms with Gasteiger partial charge < -0.3 is 16.4 Å². The Morgan fingerprint density at radius 1 is 1.22 bits per heavy atom. The van der Waals surface area contributed by atoms with Crippen LogP contribution in [0.2, 0.25) is 0 Å². The Bertz CT molecular complexity index is 413. The van der Waals surface area contributed by atoms with E-state index >= 15 is 0 Å². The second-order valence-corrected chi connectivity index (χ2v) is 4.35. The van der Waals surface area contributed by atoms with Gasteiger partial charge >= 0.3 is 0 Å². The first-order valence-electron chi connectivity index (χ1n) is 5.92. The van der Waals surface area contributed by atoms with Crippen LogP contribution in [-0.4, -0.2) is 24.4 Å². The molecule has 0 aliphatic rings. The molecule has 0 aromatic heterocycles. The molecule has 0 heterocycles. The zero-order valence-electron chi connectivity index (χ0n) is 10.7. The Balaban J connectivity index is 2.42. The van der Waals surface area contributed by atoms with Gasteiger partial charge in [-0.15, -0.1) is 0 Å². The predicted octanol–water partition coefficient (Wildman–Crippen LogP) is 1.11. The van der Waals surface area contributed by atoms with Crippen LogP contribution in [0.1, 0.15) is 30.6 Å². The van der Waals surface area contributed by atoms with Crippen LogP contribution in [0.3, 0.4) is 0 Å². The molecule has 18 heavy (non-hydrogen) atoms. The van der Waals surface area contributed by atoms with Crippen molar-refractivity contribution in [3.63, 3.8) is 0 Å². The molecule has 0 radical (unpaired) electrons. The third-order valence-corrected chi connectivity index (χ3v) is 2.36. The SMILES string of the molecule is CC(C)NCCC(=O)Nc1ccc(C(N)=O)cc1. The highest BCUT2D eigenvalue weighted by atomic mass is 16.2. The van der Waals surface area contributed by atoms with E-state index in [9.17, 15) is 9.59 Å². The van der Waals surface area contributed by atoms with Crippen LogP contribution in [-0.2, 0) is 4.79 Å². The van der Waals surface area contributed by atoms with Gasteiger partial charge in [0.25, 0.3) is 0 Å². The number of carbonyl (C=O) groups is 2. The van der Waals surface area contributed by atoms with Gasteiger partial charge in [0.15, 0.2) is 0 Å². The van der Waals surface area contributed by atoms with E-state index in [2.05, 4.69) is 10.6 Å². The highest BCUT2D eigenvalue weighted by Crippen LogP contribution is 2.09. The molecule has 1 aromatic carbocycles. The zero-order chi connectivity index (χ0) is 13.5. The van der Waals surface area contributed by atoms with E-state index in [-0.39, 0.29) is 5.91 Å². The molecule has 0 aliphatic carbocycles. The fourth-order valence-corrected chi connectivity index (χ4v) is 1.42. The van der Waals surface area contributed by atoms with Gasteiger partial charge in [-0.1, -0.05) is 13.8 Å². The Kier molecular flexibility index (Phi) is 5.32. The number of primary amides is 1. The summed E-state index contributed by atoms with van der Waals surface area (Å²) in [7, 11) is 0. The van der Waals surface area contributed by atoms with Crippen molar-refractivity contribution < 1.29 is 9.59 Å². The van der Waals surface area contributed by atoms with Crippen LogP contribution < -0.4 is 16.4 Å². The zero-order valence-corrected chi connectivity index (χ0v) is 10.7. The Morgan fingerprint density at radius 3 is 2.33 bits per heavy atom. The Hall–Kier alpha value is -1.88. The first kappa shape index (κ1) is 14.2. The summed E-state index contributed by atoms with van der Waals surface area (Å²) in [5.41, 5.74) is 6.21. The highest BCUT2D eigenvalue weighted by molar-refractivity contribution is 5.94. The van der Waals surface area contributed by atoms with Crippen LogP contribution in [0.15, 0.2) is 24.3 Å². The maximum atomic E-state index is 11.6. The van der Waals surface area contributed by atoms with E-state index < -0.39 is 5.91 Å². The van der Waals surface area contributed by atoms with Crippen molar-refractivity contribution in [1.82, 2.24) is 5.32 Å². The van der Waals surface area contributed by atoms with Crippen LogP contribution in [0.5, 0.6) is 0 Å². The second kappa shape index (κ2) is 6.76. The molecule has 0 spiro atoms. The van der Waals surface area contributed by atoms with Crippen molar-refractivity contribution in [3.8, 4) is 0 Å². The normalized spacial score (nSPS) is 10.4. The number of hydrogen-bond donors (Lipinski definition) is 3. The van der Waals surface area contributed by atoms with Gasteiger partial charge in [0, 0.05) is 30.3 Å². The molecule has 2 amide bonds. The lowest BCUT2D eigenvalue weighted by Crippen LogP contribution is -2.27. The summed E-state index contributed by atoms with van der Waals surface area (Å²) in [5, 5.41) is 5.91. The van der Waals surface area contributed by atoms with E-state index in [4.69, 9.17) is 5.73 Å². The molecule has 0 saturated carbocycles. The number of amides is 2. The molecule has 1 aromatic rings. The summed E-state index contributed by atoms with van der Waals surface area (Å²) in [6.07, 6.45) is 0.412. The van der Waals surface area contributed by atoms with Gasteiger partial charge in [0.05, 0.1) is 0 Å². The minimum Gasteiger partial charge on any atom is -0.366 e. The number of carbonyl (C=O) groups excluding carboxylic acids is 2. The lowest BCUT2D eigenvalue weighted by Gasteiger charge is -2.08. The summed E-state index contributed by atoms with van der Waals surface area (Å²) in [6.45, 7) is 4.70. The molecule has 98 valence electrons. The van der Waals surface area contributed by atoms with Crippen molar-refractivity contribution in [2.45, 2.75) is 26.3 Å². The summed E-state index contributed by atoms with van der Waals surface area (Å²) in [5.74, 6) is -0.538. The molecule has 4 N–H and O–H groups in total. The highest BCUT2D eigenvalue weighted by Gasteiger charge is 2.04. The number of benzene rings is 1. The summed E-state index contributed by atoms with van der Waals surface area (Å²) < 4.78 is 0. The van der Waals surface area contributed by atoms with E-state index in [1.54, 1.807) is 24.3 Å². The van der Waals surface area contributed by atoms with Gasteiger partial charge in [-0.25, -0.2) is 0 Å². The molecule has 0 bridgehead atoms. The third kappa shape index (κ3) is 4.97. The molecule has 1 rings (SSSR count). The third-order valence-electron chi connectivity index (χ3n) is 2.36. The maximum absolute atomic E-state index is 11.6. The number of anilines is 1. The molecule has 0 unspecified atom stereocenters. The van der Waals surface area contributed by atoms with Gasteiger partial charge in [-0.05, 0) is 24.3 Å². The van der Waals surface area contributed by atoms with Crippen LogP contribution >= 0.6 is 0 Å². The van der Waals surface area contributed by atoms with Gasteiger partial charge in [-0.2, -0.15) is 0 Å². The van der Waals surface area contributed by atoms with Crippen LogP contribution in [0.4, 0.5) is 5.69 Å². The summed E-state index contributed by atoms with van der Waals surface area (Å²) in [6, 6.07) is 6.86. The molecule has 5 heteroatoms. The minimum atomic E-state index is -0.478. The number of rotatable bonds is 6. The molecule has 0 fully saturated rings. The predicted molar refractivity (Wildman–Crippen MR) is 71.3 cm³/mol. The molecule has 5 nitrogen and oxygen atoms in total. The molecule has 0 saturated heterocycles. The van der Waals surface area contributed by atoms with Crippen molar-refractivity contribution in [1.29, 1.82) is 0 Å². The molecule has 0 atom stereocenters. The first-order chi connectivity index (χ1) is 8.49. The van der Waals surface area contributed by atoms with Gasteiger partial charge in [0.1, 0.15) is 0 Å². The fraction of sp³-hybridized carbons (Fsp3) is 0.385. The van der Waals surface area contributed by atoms with Crippen molar-refractivity contribution in [2.75, 3.05) is 11.9 Å². The van der Waals surface area contributed by atoms with E-state index in [1.165, 1.54) is 0 Å². The van der Waals surface area contributed by atoms with Crippen molar-refractivity contribution in [3.05, 3.63) is 29.8 Å². The van der Waals surface area contributed by atoms with E-state index in [1.807, 2.05) is 13.8 Å².